The number of nitrogens with zero attached hydrogens (tertiary/aromatic N) is 3. The number of hydrogen-bond acceptors (Lipinski definition) is 5. The van der Waals surface area contributed by atoms with Crippen LogP contribution < -0.4 is 10.1 Å². The fourth-order valence-electron chi connectivity index (χ4n) is 2.74. The number of anilines is 1. The van der Waals surface area contributed by atoms with E-state index in [-0.39, 0.29) is 11.7 Å². The number of aromatic nitrogens is 2. The van der Waals surface area contributed by atoms with Crippen LogP contribution in [0.2, 0.25) is 5.02 Å². The molecule has 3 aromatic rings. The molecule has 26 heavy (non-hydrogen) atoms. The van der Waals surface area contributed by atoms with Crippen LogP contribution in [0.25, 0.3) is 0 Å². The van der Waals surface area contributed by atoms with Gasteiger partial charge in [0.05, 0.1) is 25.5 Å². The smallest absolute Gasteiger partial charge is 0.158 e. The molecule has 0 aliphatic rings. The largest absolute Gasteiger partial charge is 0.497 e. The number of rotatable bonds is 5. The number of halogens is 1. The lowest BCUT2D eigenvalue weighted by atomic mass is 9.94. The molecule has 0 radical (unpaired) electrons. The van der Waals surface area contributed by atoms with Crippen molar-refractivity contribution >= 4 is 17.4 Å². The molecule has 5 nitrogen and oxygen atoms in total. The lowest BCUT2D eigenvalue weighted by molar-refractivity contribution is 0.414. The van der Waals surface area contributed by atoms with Crippen molar-refractivity contribution in [2.45, 2.75) is 13.0 Å². The van der Waals surface area contributed by atoms with Gasteiger partial charge in [0.2, 0.25) is 0 Å². The Kier molecular flexibility index (Phi) is 5.35. The van der Waals surface area contributed by atoms with Crippen molar-refractivity contribution in [1.29, 1.82) is 5.26 Å². The summed E-state index contributed by atoms with van der Waals surface area (Å²) in [5, 5.41) is 12.9. The van der Waals surface area contributed by atoms with E-state index >= 15 is 0 Å². The molecule has 0 saturated heterocycles. The highest BCUT2D eigenvalue weighted by atomic mass is 35.5. The monoisotopic (exact) mass is 364 g/mol. The number of aryl methyl sites for hydroxylation is 1. The number of hydrogen-bond donors (Lipinski definition) is 1. The number of nitrogens with one attached hydrogen (secondary N) is 1. The summed E-state index contributed by atoms with van der Waals surface area (Å²) in [5.41, 5.74) is 3.30. The third-order valence-corrected chi connectivity index (χ3v) is 4.41. The lowest BCUT2D eigenvalue weighted by Gasteiger charge is -2.23. The Morgan fingerprint density at radius 1 is 1.12 bits per heavy atom. The van der Waals surface area contributed by atoms with Crippen LogP contribution in [-0.2, 0) is 0 Å². The molecule has 0 aliphatic carbocycles. The fraction of sp³-hybridized carbons (Fsp3) is 0.150. The molecule has 6 heteroatoms. The zero-order chi connectivity index (χ0) is 18.5. The van der Waals surface area contributed by atoms with Gasteiger partial charge in [0.25, 0.3) is 0 Å². The third kappa shape index (κ3) is 3.76. The van der Waals surface area contributed by atoms with Gasteiger partial charge < -0.3 is 10.1 Å². The molecule has 0 fully saturated rings. The second kappa shape index (κ2) is 7.85. The Hall–Kier alpha value is -3.10. The number of methoxy groups -OCH3 is 1. The van der Waals surface area contributed by atoms with Crippen molar-refractivity contribution in [1.82, 2.24) is 9.97 Å². The van der Waals surface area contributed by atoms with Crippen molar-refractivity contribution in [2.75, 3.05) is 12.4 Å². The summed E-state index contributed by atoms with van der Waals surface area (Å²) >= 11 is 6.45. The van der Waals surface area contributed by atoms with E-state index in [2.05, 4.69) is 15.3 Å². The molecule has 1 heterocycles. The summed E-state index contributed by atoms with van der Waals surface area (Å²) in [5.74, 6) is 1.35. The molecule has 0 aliphatic heterocycles. The van der Waals surface area contributed by atoms with Crippen molar-refractivity contribution < 1.29 is 4.74 Å². The van der Waals surface area contributed by atoms with Gasteiger partial charge in [0.1, 0.15) is 17.6 Å². The normalized spacial score (nSPS) is 11.5. The van der Waals surface area contributed by atoms with Crippen LogP contribution >= 0.6 is 11.6 Å². The Morgan fingerprint density at radius 2 is 1.92 bits per heavy atom. The van der Waals surface area contributed by atoms with Gasteiger partial charge in [0.15, 0.2) is 5.69 Å². The minimum absolute atomic E-state index is 0.225. The maximum Gasteiger partial charge on any atom is 0.158 e. The highest BCUT2D eigenvalue weighted by Crippen LogP contribution is 2.33. The summed E-state index contributed by atoms with van der Waals surface area (Å²) in [7, 11) is 1.64. The summed E-state index contributed by atoms with van der Waals surface area (Å²) in [6.07, 6.45) is 2.98. The Balaban J connectivity index is 2.05. The second-order valence-electron chi connectivity index (χ2n) is 5.72. The van der Waals surface area contributed by atoms with Crippen molar-refractivity contribution in [3.63, 3.8) is 0 Å². The molecule has 0 saturated carbocycles. The minimum atomic E-state index is -0.225. The molecule has 0 amide bonds. The predicted molar refractivity (Wildman–Crippen MR) is 101 cm³/mol. The second-order valence-corrected chi connectivity index (χ2v) is 6.13. The predicted octanol–water partition coefficient (Wildman–Crippen LogP) is 4.52. The van der Waals surface area contributed by atoms with Gasteiger partial charge in [-0.2, -0.15) is 5.26 Å². The molecule has 1 unspecified atom stereocenters. The summed E-state index contributed by atoms with van der Waals surface area (Å²) in [6, 6.07) is 15.3. The van der Waals surface area contributed by atoms with E-state index in [1.54, 1.807) is 13.3 Å². The maximum absolute atomic E-state index is 8.89. The highest BCUT2D eigenvalue weighted by Gasteiger charge is 2.19. The maximum atomic E-state index is 8.89. The summed E-state index contributed by atoms with van der Waals surface area (Å²) in [6.45, 7) is 2.02. The third-order valence-electron chi connectivity index (χ3n) is 4.06. The Bertz CT molecular complexity index is 951. The quantitative estimate of drug-likeness (QED) is 0.720. The number of ether oxygens (including phenoxy) is 1. The molecule has 1 aromatic heterocycles. The number of benzene rings is 2. The van der Waals surface area contributed by atoms with Crippen LogP contribution in [0.15, 0.2) is 54.9 Å². The summed E-state index contributed by atoms with van der Waals surface area (Å²) in [4.78, 5) is 8.34. The van der Waals surface area contributed by atoms with Crippen molar-refractivity contribution in [3.05, 3.63) is 82.3 Å². The van der Waals surface area contributed by atoms with Gasteiger partial charge in [0, 0.05) is 5.02 Å². The first-order chi connectivity index (χ1) is 12.6. The molecule has 0 bridgehead atoms. The first-order valence-electron chi connectivity index (χ1n) is 8.00. The number of nitriles is 1. The highest BCUT2D eigenvalue weighted by molar-refractivity contribution is 6.31. The van der Waals surface area contributed by atoms with Crippen LogP contribution in [0.4, 0.5) is 5.82 Å². The van der Waals surface area contributed by atoms with Crippen molar-refractivity contribution in [3.8, 4) is 11.8 Å². The van der Waals surface area contributed by atoms with Gasteiger partial charge in [-0.1, -0.05) is 35.9 Å². The molecular weight excluding hydrogens is 348 g/mol. The van der Waals surface area contributed by atoms with Crippen LogP contribution in [0.3, 0.4) is 0 Å². The Labute approximate surface area is 157 Å². The van der Waals surface area contributed by atoms with E-state index < -0.39 is 0 Å². The van der Waals surface area contributed by atoms with Gasteiger partial charge in [-0.15, -0.1) is 0 Å². The zero-order valence-corrected chi connectivity index (χ0v) is 15.2. The van der Waals surface area contributed by atoms with Gasteiger partial charge in [-0.05, 0) is 41.8 Å². The topological polar surface area (TPSA) is 70.8 Å². The fourth-order valence-corrected chi connectivity index (χ4v) is 2.98. The van der Waals surface area contributed by atoms with Gasteiger partial charge in [-0.3, -0.25) is 0 Å². The average Bonchev–Trinajstić information content (AvgIpc) is 2.67. The zero-order valence-electron chi connectivity index (χ0n) is 14.4. The van der Waals surface area contributed by atoms with E-state index in [9.17, 15) is 0 Å². The molecule has 1 N–H and O–H groups in total. The molecule has 3 rings (SSSR count). The van der Waals surface area contributed by atoms with Crippen LogP contribution in [-0.4, -0.2) is 17.1 Å². The SMILES string of the molecule is COc1ccc(C(Nc2cnc(C#N)cn2)c2ccccc2Cl)c(C)c1. The van der Waals surface area contributed by atoms with Gasteiger partial charge >= 0.3 is 0 Å². The van der Waals surface area contributed by atoms with E-state index in [1.807, 2.05) is 55.5 Å². The van der Waals surface area contributed by atoms with E-state index in [0.717, 1.165) is 22.4 Å². The van der Waals surface area contributed by atoms with E-state index in [4.69, 9.17) is 21.6 Å². The first-order valence-corrected chi connectivity index (χ1v) is 8.38. The molecule has 1 atom stereocenters. The van der Waals surface area contributed by atoms with Crippen LogP contribution in [0.1, 0.15) is 28.4 Å². The lowest BCUT2D eigenvalue weighted by Crippen LogP contribution is -2.15. The average molecular weight is 365 g/mol. The van der Waals surface area contributed by atoms with Crippen LogP contribution in [0.5, 0.6) is 5.75 Å². The summed E-state index contributed by atoms with van der Waals surface area (Å²) < 4.78 is 5.30. The molecular formula is C20H17ClN4O. The standard InChI is InChI=1S/C20H17ClN4O/c1-13-9-15(26-2)7-8-16(13)20(17-5-3-4-6-18(17)21)25-19-12-23-14(10-22)11-24-19/h3-9,11-12,20H,1-2H3,(H,24,25). The van der Waals surface area contributed by atoms with E-state index in [0.29, 0.717) is 10.8 Å². The van der Waals surface area contributed by atoms with Crippen molar-refractivity contribution in [2.24, 2.45) is 0 Å². The molecule has 0 spiro atoms. The molecule has 2 aromatic carbocycles. The van der Waals surface area contributed by atoms with Gasteiger partial charge in [-0.25, -0.2) is 9.97 Å². The molecule has 130 valence electrons. The Morgan fingerprint density at radius 3 is 2.54 bits per heavy atom. The van der Waals surface area contributed by atoms with E-state index in [1.165, 1.54) is 6.20 Å². The minimum Gasteiger partial charge on any atom is -0.497 e. The first kappa shape index (κ1) is 17.7. The van der Waals surface area contributed by atoms with Crippen LogP contribution in [0, 0.1) is 18.3 Å².